The molecule has 0 aliphatic carbocycles. The number of ether oxygens (including phenoxy) is 1. The van der Waals surface area contributed by atoms with E-state index < -0.39 is 0 Å². The highest BCUT2D eigenvalue weighted by atomic mass is 32.1. The molecule has 1 N–H and O–H groups in total. The molecule has 0 heterocycles. The number of benzene rings is 1. The van der Waals surface area contributed by atoms with Gasteiger partial charge in [-0.05, 0) is 35.4 Å². The van der Waals surface area contributed by atoms with Crippen LogP contribution in [-0.4, -0.2) is 23.4 Å². The summed E-state index contributed by atoms with van der Waals surface area (Å²) in [6.45, 7) is 6.62. The molecule has 0 aliphatic rings. The Morgan fingerprint density at radius 2 is 2.05 bits per heavy atom. The molecule has 0 saturated carbocycles. The van der Waals surface area contributed by atoms with Crippen LogP contribution in [0.25, 0.3) is 0 Å². The number of hydrogen-bond donors (Lipinski definition) is 2. The summed E-state index contributed by atoms with van der Waals surface area (Å²) < 4.78 is 4.97. The van der Waals surface area contributed by atoms with Crippen LogP contribution in [0, 0.1) is 0 Å². The van der Waals surface area contributed by atoms with Crippen LogP contribution < -0.4 is 0 Å². The molecule has 0 saturated heterocycles. The molecule has 0 radical (unpaired) electrons. The largest absolute Gasteiger partial charge is 0.508 e. The quantitative estimate of drug-likeness (QED) is 0.495. The van der Waals surface area contributed by atoms with E-state index in [0.29, 0.717) is 12.4 Å². The molecule has 0 spiro atoms. The van der Waals surface area contributed by atoms with E-state index in [9.17, 15) is 9.90 Å². The molecule has 3 nitrogen and oxygen atoms in total. The van der Waals surface area contributed by atoms with E-state index in [-0.39, 0.29) is 17.1 Å². The maximum absolute atomic E-state index is 10.9. The Kier molecular flexibility index (Phi) is 5.73. The number of thiol groups is 1. The van der Waals surface area contributed by atoms with E-state index in [1.165, 1.54) is 0 Å². The van der Waals surface area contributed by atoms with Crippen LogP contribution in [0.5, 0.6) is 5.75 Å². The van der Waals surface area contributed by atoms with Gasteiger partial charge in [0.25, 0.3) is 0 Å². The average Bonchev–Trinajstić information content (AvgIpc) is 2.34. The van der Waals surface area contributed by atoms with Crippen LogP contribution in [0.4, 0.5) is 0 Å². The highest BCUT2D eigenvalue weighted by Crippen LogP contribution is 2.31. The van der Waals surface area contributed by atoms with Crippen LogP contribution in [0.2, 0.25) is 0 Å². The van der Waals surface area contributed by atoms with Crippen molar-refractivity contribution in [2.75, 3.05) is 12.4 Å². The van der Waals surface area contributed by atoms with Gasteiger partial charge < -0.3 is 9.84 Å². The number of carbonyl (C=O) groups excluding carboxylic acids is 1. The molecule has 0 atom stereocenters. The number of carbonyl (C=O) groups is 1. The smallest absolute Gasteiger partial charge is 0.315 e. The first-order valence-corrected chi connectivity index (χ1v) is 7.06. The minimum Gasteiger partial charge on any atom is -0.508 e. The summed E-state index contributed by atoms with van der Waals surface area (Å²) in [5.41, 5.74) is 2.00. The number of phenolic OH excluding ortho intramolecular Hbond substituents is 1. The lowest BCUT2D eigenvalue weighted by atomic mass is 9.85. The van der Waals surface area contributed by atoms with Crippen molar-refractivity contribution in [3.05, 3.63) is 29.3 Å². The third-order valence-corrected chi connectivity index (χ3v) is 3.13. The minimum atomic E-state index is -0.288. The number of phenols is 1. The Morgan fingerprint density at radius 1 is 1.37 bits per heavy atom. The second kappa shape index (κ2) is 6.85. The number of aromatic hydroxyl groups is 1. The van der Waals surface area contributed by atoms with Gasteiger partial charge in [-0.2, -0.15) is 12.6 Å². The Morgan fingerprint density at radius 3 is 2.63 bits per heavy atom. The lowest BCUT2D eigenvalue weighted by Crippen LogP contribution is -2.12. The fourth-order valence-corrected chi connectivity index (χ4v) is 1.94. The molecule has 106 valence electrons. The molecule has 1 aromatic rings. The van der Waals surface area contributed by atoms with Crippen molar-refractivity contribution in [2.45, 2.75) is 39.0 Å². The Bertz CT molecular complexity index is 436. The first-order valence-electron chi connectivity index (χ1n) is 6.43. The number of esters is 1. The van der Waals surface area contributed by atoms with E-state index in [1.807, 2.05) is 12.1 Å². The van der Waals surface area contributed by atoms with Crippen LogP contribution in [0.15, 0.2) is 18.2 Å². The zero-order valence-electron chi connectivity index (χ0n) is 11.8. The van der Waals surface area contributed by atoms with Crippen LogP contribution in [0.3, 0.4) is 0 Å². The van der Waals surface area contributed by atoms with Gasteiger partial charge in [-0.25, -0.2) is 0 Å². The molecule has 1 rings (SSSR count). The van der Waals surface area contributed by atoms with Gasteiger partial charge in [0.1, 0.15) is 5.75 Å². The van der Waals surface area contributed by atoms with Crippen molar-refractivity contribution >= 4 is 18.6 Å². The molecule has 4 heteroatoms. The molecule has 0 unspecified atom stereocenters. The zero-order valence-corrected chi connectivity index (χ0v) is 12.7. The van der Waals surface area contributed by atoms with E-state index in [4.69, 9.17) is 4.74 Å². The molecule has 19 heavy (non-hydrogen) atoms. The summed E-state index contributed by atoms with van der Waals surface area (Å²) in [5.74, 6) is 0.162. The van der Waals surface area contributed by atoms with Crippen molar-refractivity contribution < 1.29 is 14.6 Å². The normalized spacial score (nSPS) is 11.4. The van der Waals surface area contributed by atoms with Gasteiger partial charge in [0.05, 0.1) is 12.4 Å². The first-order chi connectivity index (χ1) is 8.84. The van der Waals surface area contributed by atoms with Crippen molar-refractivity contribution in [2.24, 2.45) is 0 Å². The molecule has 0 fully saturated rings. The van der Waals surface area contributed by atoms with E-state index in [0.717, 1.165) is 24.0 Å². The van der Waals surface area contributed by atoms with Crippen molar-refractivity contribution in [1.82, 2.24) is 0 Å². The lowest BCUT2D eigenvalue weighted by molar-refractivity contribution is -0.140. The van der Waals surface area contributed by atoms with Gasteiger partial charge >= 0.3 is 5.97 Å². The fourth-order valence-electron chi connectivity index (χ4n) is 1.85. The van der Waals surface area contributed by atoms with E-state index in [2.05, 4.69) is 33.4 Å². The summed E-state index contributed by atoms with van der Waals surface area (Å²) >= 11 is 3.84. The highest BCUT2D eigenvalue weighted by molar-refractivity contribution is 7.81. The lowest BCUT2D eigenvalue weighted by Gasteiger charge is -2.21. The second-order valence-electron chi connectivity index (χ2n) is 5.58. The van der Waals surface area contributed by atoms with Gasteiger partial charge in [0.15, 0.2) is 0 Å². The molecule has 0 bridgehead atoms. The standard InChI is InChI=1S/C15H22O3S/c1-15(2,3)12-9-11(6-7-13(12)16)5-4-8-18-14(17)10-19/h6-7,9,16,19H,4-5,8,10H2,1-3H3. The predicted octanol–water partition coefficient (Wildman–Crippen LogP) is 3.10. The van der Waals surface area contributed by atoms with Crippen molar-refractivity contribution in [1.29, 1.82) is 0 Å². The van der Waals surface area contributed by atoms with Gasteiger partial charge in [-0.15, -0.1) is 0 Å². The molecular formula is C15H22O3S. The molecule has 1 aromatic carbocycles. The van der Waals surface area contributed by atoms with Crippen LogP contribution in [0.1, 0.15) is 38.3 Å². The molecule has 0 aliphatic heterocycles. The molecular weight excluding hydrogens is 260 g/mol. The van der Waals surface area contributed by atoms with Crippen LogP contribution in [-0.2, 0) is 21.4 Å². The summed E-state index contributed by atoms with van der Waals surface area (Å²) in [5, 5.41) is 9.87. The zero-order chi connectivity index (χ0) is 14.5. The number of aryl methyl sites for hydroxylation is 1. The van der Waals surface area contributed by atoms with Crippen molar-refractivity contribution in [3.8, 4) is 5.75 Å². The SMILES string of the molecule is CC(C)(C)c1cc(CCCOC(=O)CS)ccc1O. The molecule has 0 amide bonds. The Hall–Kier alpha value is -1.16. The second-order valence-corrected chi connectivity index (χ2v) is 5.90. The van der Waals surface area contributed by atoms with Crippen molar-refractivity contribution in [3.63, 3.8) is 0 Å². The Labute approximate surface area is 120 Å². The summed E-state index contributed by atoms with van der Waals surface area (Å²) in [7, 11) is 0. The van der Waals surface area contributed by atoms with Crippen LogP contribution >= 0.6 is 12.6 Å². The van der Waals surface area contributed by atoms with E-state index in [1.54, 1.807) is 6.07 Å². The monoisotopic (exact) mass is 282 g/mol. The Balaban J connectivity index is 2.58. The highest BCUT2D eigenvalue weighted by Gasteiger charge is 2.18. The topological polar surface area (TPSA) is 46.5 Å². The summed E-state index contributed by atoms with van der Waals surface area (Å²) in [4.78, 5) is 10.9. The third-order valence-electron chi connectivity index (χ3n) is 2.87. The first kappa shape index (κ1) is 15.9. The van der Waals surface area contributed by atoms with Gasteiger partial charge in [0.2, 0.25) is 0 Å². The fraction of sp³-hybridized carbons (Fsp3) is 0.533. The maximum Gasteiger partial charge on any atom is 0.315 e. The van der Waals surface area contributed by atoms with Gasteiger partial charge in [-0.1, -0.05) is 32.9 Å². The predicted molar refractivity (Wildman–Crippen MR) is 79.9 cm³/mol. The maximum atomic E-state index is 10.9. The minimum absolute atomic E-state index is 0.0847. The summed E-state index contributed by atoms with van der Waals surface area (Å²) in [6.07, 6.45) is 1.59. The third kappa shape index (κ3) is 5.15. The number of hydrogen-bond acceptors (Lipinski definition) is 4. The summed E-state index contributed by atoms with van der Waals surface area (Å²) in [6, 6.07) is 5.66. The van der Waals surface area contributed by atoms with Gasteiger partial charge in [0, 0.05) is 0 Å². The van der Waals surface area contributed by atoms with E-state index >= 15 is 0 Å². The molecule has 0 aromatic heterocycles. The number of rotatable bonds is 5. The van der Waals surface area contributed by atoms with Gasteiger partial charge in [-0.3, -0.25) is 4.79 Å². The average molecular weight is 282 g/mol.